The van der Waals surface area contributed by atoms with Crippen LogP contribution in [0.5, 0.6) is 0 Å². The summed E-state index contributed by atoms with van der Waals surface area (Å²) in [5, 5.41) is 6.57. The molecule has 0 bridgehead atoms. The number of hydrogen-bond acceptors (Lipinski definition) is 3. The van der Waals surface area contributed by atoms with Gasteiger partial charge in [-0.05, 0) is 56.5 Å². The molecule has 1 aromatic carbocycles. The van der Waals surface area contributed by atoms with Gasteiger partial charge in [-0.2, -0.15) is 13.2 Å². The first-order valence-electron chi connectivity index (χ1n) is 9.82. The first-order chi connectivity index (χ1) is 13.4. The number of alkyl halides is 3. The van der Waals surface area contributed by atoms with Gasteiger partial charge in [0, 0.05) is 26.7 Å². The smallest absolute Gasteiger partial charge is 0.383 e. The highest BCUT2D eigenvalue weighted by Crippen LogP contribution is 2.29. The molecule has 1 saturated heterocycles. The number of halogens is 4. The minimum absolute atomic E-state index is 0. The Morgan fingerprint density at radius 2 is 1.83 bits per heavy atom. The standard InChI is InChI=1S/C20H31F3N4O.HI/c1-3-24-19(25-14-16-4-6-18(7-5-16)20(21,22)23)26-15-17-8-10-27(11-9-17)12-13-28-2;/h4-7,17H,3,8-15H2,1-2H3,(H2,24,25,26);1H. The Hall–Kier alpha value is -1.07. The summed E-state index contributed by atoms with van der Waals surface area (Å²) in [7, 11) is 1.73. The van der Waals surface area contributed by atoms with Gasteiger partial charge in [0.25, 0.3) is 0 Å². The van der Waals surface area contributed by atoms with Crippen LogP contribution in [-0.2, 0) is 17.5 Å². The number of nitrogens with zero attached hydrogens (tertiary/aromatic N) is 2. The van der Waals surface area contributed by atoms with Crippen molar-refractivity contribution in [2.45, 2.75) is 32.5 Å². The van der Waals surface area contributed by atoms with Crippen molar-refractivity contribution >= 4 is 29.9 Å². The maximum Gasteiger partial charge on any atom is 0.416 e. The predicted octanol–water partition coefficient (Wildman–Crippen LogP) is 3.74. The molecule has 5 nitrogen and oxygen atoms in total. The average Bonchev–Trinajstić information content (AvgIpc) is 2.69. The van der Waals surface area contributed by atoms with Crippen LogP contribution in [0.2, 0.25) is 0 Å². The third-order valence-corrected chi connectivity index (χ3v) is 4.92. The van der Waals surface area contributed by atoms with Crippen LogP contribution < -0.4 is 10.6 Å². The molecule has 2 N–H and O–H groups in total. The molecule has 0 aliphatic carbocycles. The fraction of sp³-hybridized carbons (Fsp3) is 0.650. The van der Waals surface area contributed by atoms with E-state index >= 15 is 0 Å². The van der Waals surface area contributed by atoms with Crippen LogP contribution in [0.4, 0.5) is 13.2 Å². The predicted molar refractivity (Wildman–Crippen MR) is 121 cm³/mol. The Morgan fingerprint density at radius 3 is 2.38 bits per heavy atom. The van der Waals surface area contributed by atoms with Crippen LogP contribution in [0.1, 0.15) is 30.9 Å². The lowest BCUT2D eigenvalue weighted by Crippen LogP contribution is -2.43. The molecule has 0 amide bonds. The molecule has 0 radical (unpaired) electrons. The van der Waals surface area contributed by atoms with Crippen LogP contribution in [0.15, 0.2) is 29.3 Å². The number of piperidine rings is 1. The summed E-state index contributed by atoms with van der Waals surface area (Å²) >= 11 is 0. The SMILES string of the molecule is CCNC(=NCc1ccc(C(F)(F)F)cc1)NCC1CCN(CCOC)CC1.I. The molecule has 0 atom stereocenters. The van der Waals surface area contributed by atoms with E-state index in [2.05, 4.69) is 20.5 Å². The highest BCUT2D eigenvalue weighted by molar-refractivity contribution is 14.0. The van der Waals surface area contributed by atoms with Crippen molar-refractivity contribution in [3.63, 3.8) is 0 Å². The second kappa shape index (κ2) is 13.3. The zero-order valence-corrected chi connectivity index (χ0v) is 19.4. The molecule has 2 rings (SSSR count). The van der Waals surface area contributed by atoms with Crippen molar-refractivity contribution in [1.29, 1.82) is 0 Å². The van der Waals surface area contributed by atoms with Gasteiger partial charge in [-0.3, -0.25) is 0 Å². The van der Waals surface area contributed by atoms with E-state index in [0.29, 0.717) is 18.4 Å². The molecule has 1 aliphatic rings. The molecule has 0 unspecified atom stereocenters. The number of hydrogen-bond donors (Lipinski definition) is 2. The second-order valence-electron chi connectivity index (χ2n) is 7.05. The van der Waals surface area contributed by atoms with Gasteiger partial charge in [-0.1, -0.05) is 12.1 Å². The normalized spacial score (nSPS) is 16.4. The van der Waals surface area contributed by atoms with Crippen molar-refractivity contribution in [3.8, 4) is 0 Å². The maximum absolute atomic E-state index is 12.6. The third-order valence-electron chi connectivity index (χ3n) is 4.92. The van der Waals surface area contributed by atoms with E-state index in [1.165, 1.54) is 12.1 Å². The summed E-state index contributed by atoms with van der Waals surface area (Å²) in [6, 6.07) is 5.16. The van der Waals surface area contributed by atoms with E-state index in [1.54, 1.807) is 7.11 Å². The number of ether oxygens (including phenoxy) is 1. The van der Waals surface area contributed by atoms with Gasteiger partial charge >= 0.3 is 6.18 Å². The Bertz CT molecular complexity index is 603. The third kappa shape index (κ3) is 9.52. The van der Waals surface area contributed by atoms with Crippen molar-refractivity contribution in [1.82, 2.24) is 15.5 Å². The number of aliphatic imine (C=N–C) groups is 1. The first kappa shape index (κ1) is 26.0. The molecule has 1 aromatic rings. The summed E-state index contributed by atoms with van der Waals surface area (Å²) in [4.78, 5) is 6.92. The molecule has 29 heavy (non-hydrogen) atoms. The number of nitrogens with one attached hydrogen (secondary N) is 2. The summed E-state index contributed by atoms with van der Waals surface area (Å²) in [5.41, 5.74) is 0.110. The Balaban J connectivity index is 0.00000420. The van der Waals surface area contributed by atoms with Crippen molar-refractivity contribution in [2.75, 3.05) is 46.4 Å². The zero-order chi connectivity index (χ0) is 20.4. The maximum atomic E-state index is 12.6. The molecular formula is C20H32F3IN4O. The second-order valence-corrected chi connectivity index (χ2v) is 7.05. The summed E-state index contributed by atoms with van der Waals surface area (Å²) in [6.07, 6.45) is -2.04. The minimum Gasteiger partial charge on any atom is -0.383 e. The van der Waals surface area contributed by atoms with E-state index in [1.807, 2.05) is 6.92 Å². The number of methoxy groups -OCH3 is 1. The summed E-state index contributed by atoms with van der Waals surface area (Å²) in [5.74, 6) is 1.29. The van der Waals surface area contributed by atoms with Crippen molar-refractivity contribution < 1.29 is 17.9 Å². The largest absolute Gasteiger partial charge is 0.416 e. The van der Waals surface area contributed by atoms with E-state index in [4.69, 9.17) is 4.74 Å². The van der Waals surface area contributed by atoms with Crippen LogP contribution in [0.25, 0.3) is 0 Å². The van der Waals surface area contributed by atoms with Gasteiger partial charge in [-0.15, -0.1) is 24.0 Å². The quantitative estimate of drug-likeness (QED) is 0.307. The van der Waals surface area contributed by atoms with E-state index in [0.717, 1.165) is 69.9 Å². The molecule has 0 saturated carbocycles. The summed E-state index contributed by atoms with van der Waals surface area (Å²) in [6.45, 7) is 7.81. The molecule has 1 fully saturated rings. The molecule has 166 valence electrons. The molecular weight excluding hydrogens is 496 g/mol. The van der Waals surface area contributed by atoms with Crippen LogP contribution in [0.3, 0.4) is 0 Å². The number of guanidine groups is 1. The van der Waals surface area contributed by atoms with Gasteiger partial charge in [0.2, 0.25) is 0 Å². The van der Waals surface area contributed by atoms with Gasteiger partial charge in [0.05, 0.1) is 18.7 Å². The molecule has 0 aromatic heterocycles. The molecule has 1 aliphatic heterocycles. The summed E-state index contributed by atoms with van der Waals surface area (Å²) < 4.78 is 43.0. The average molecular weight is 528 g/mol. The first-order valence-corrected chi connectivity index (χ1v) is 9.82. The fourth-order valence-electron chi connectivity index (χ4n) is 3.19. The number of rotatable bonds is 8. The monoisotopic (exact) mass is 528 g/mol. The van der Waals surface area contributed by atoms with Gasteiger partial charge in [-0.25, -0.2) is 4.99 Å². The van der Waals surface area contributed by atoms with E-state index in [9.17, 15) is 13.2 Å². The van der Waals surface area contributed by atoms with E-state index in [-0.39, 0.29) is 24.0 Å². The van der Waals surface area contributed by atoms with E-state index < -0.39 is 11.7 Å². The zero-order valence-electron chi connectivity index (χ0n) is 17.1. The lowest BCUT2D eigenvalue weighted by molar-refractivity contribution is -0.137. The Labute approximate surface area is 188 Å². The molecule has 0 spiro atoms. The number of benzene rings is 1. The van der Waals surface area contributed by atoms with Crippen molar-refractivity contribution in [3.05, 3.63) is 35.4 Å². The Morgan fingerprint density at radius 1 is 1.17 bits per heavy atom. The van der Waals surface area contributed by atoms with Crippen LogP contribution in [-0.4, -0.2) is 57.3 Å². The molecule has 9 heteroatoms. The lowest BCUT2D eigenvalue weighted by Gasteiger charge is -2.32. The van der Waals surface area contributed by atoms with Crippen molar-refractivity contribution in [2.24, 2.45) is 10.9 Å². The molecule has 1 heterocycles. The van der Waals surface area contributed by atoms with Gasteiger partial charge < -0.3 is 20.3 Å². The lowest BCUT2D eigenvalue weighted by atomic mass is 9.97. The van der Waals surface area contributed by atoms with Gasteiger partial charge in [0.1, 0.15) is 0 Å². The Kier molecular flexibility index (Phi) is 11.9. The van der Waals surface area contributed by atoms with Crippen LogP contribution >= 0.6 is 24.0 Å². The van der Waals surface area contributed by atoms with Crippen LogP contribution in [0, 0.1) is 5.92 Å². The van der Waals surface area contributed by atoms with Gasteiger partial charge in [0.15, 0.2) is 5.96 Å². The highest BCUT2D eigenvalue weighted by Gasteiger charge is 2.29. The topological polar surface area (TPSA) is 48.9 Å². The highest BCUT2D eigenvalue weighted by atomic mass is 127. The minimum atomic E-state index is -4.31. The fourth-order valence-corrected chi connectivity index (χ4v) is 3.19. The number of likely N-dealkylation sites (tertiary alicyclic amines) is 1.